The first-order valence-electron chi connectivity index (χ1n) is 11.5. The smallest absolute Gasteiger partial charge is 0.239 e. The number of carbonyl (C=O) groups excluding carboxylic acids is 1. The third-order valence-corrected chi connectivity index (χ3v) is 8.76. The van der Waals surface area contributed by atoms with Gasteiger partial charge in [0.15, 0.2) is 0 Å². The lowest BCUT2D eigenvalue weighted by Gasteiger charge is -2.30. The highest BCUT2D eigenvalue weighted by atomic mass is 32.2. The molecule has 0 aromatic heterocycles. The zero-order chi connectivity index (χ0) is 20.6. The fraction of sp³-hybridized carbons (Fsp3) is 0.783. The van der Waals surface area contributed by atoms with Crippen molar-refractivity contribution < 1.29 is 4.79 Å². The molecule has 2 heterocycles. The van der Waals surface area contributed by atoms with Gasteiger partial charge in [-0.1, -0.05) is 39.1 Å². The van der Waals surface area contributed by atoms with Crippen LogP contribution in [0.1, 0.15) is 72.1 Å². The molecule has 1 saturated heterocycles. The maximum atomic E-state index is 13.4. The molecule has 0 radical (unpaired) electrons. The lowest BCUT2D eigenvalue weighted by atomic mass is 9.98. The number of hydrogen-bond donors (Lipinski definition) is 0. The van der Waals surface area contributed by atoms with Gasteiger partial charge in [-0.25, -0.2) is 4.99 Å². The number of hydrogen-bond acceptors (Lipinski definition) is 5. The van der Waals surface area contributed by atoms with Crippen molar-refractivity contribution in [3.63, 3.8) is 0 Å². The summed E-state index contributed by atoms with van der Waals surface area (Å²) in [5.41, 5.74) is 0.711. The summed E-state index contributed by atoms with van der Waals surface area (Å²) in [4.78, 5) is 24.7. The molecule has 4 rings (SSSR count). The first-order chi connectivity index (χ1) is 14.0. The molecule has 3 unspecified atom stereocenters. The molecule has 0 bridgehead atoms. The zero-order valence-corrected chi connectivity index (χ0v) is 19.1. The van der Waals surface area contributed by atoms with E-state index in [1.54, 1.807) is 0 Å². The van der Waals surface area contributed by atoms with E-state index >= 15 is 0 Å². The van der Waals surface area contributed by atoms with E-state index < -0.39 is 0 Å². The molecule has 2 aliphatic heterocycles. The van der Waals surface area contributed by atoms with Crippen molar-refractivity contribution in [2.24, 2.45) is 21.3 Å². The van der Waals surface area contributed by atoms with Crippen molar-refractivity contribution >= 4 is 30.8 Å². The minimum Gasteiger partial charge on any atom is -0.292 e. The van der Waals surface area contributed by atoms with Crippen LogP contribution in [0.2, 0.25) is 0 Å². The first-order valence-corrected chi connectivity index (χ1v) is 12.3. The van der Waals surface area contributed by atoms with E-state index in [4.69, 9.17) is 4.99 Å². The van der Waals surface area contributed by atoms with Gasteiger partial charge in [-0.2, -0.15) is 0 Å². The average molecular weight is 417 g/mol. The summed E-state index contributed by atoms with van der Waals surface area (Å²) >= 11 is 1.99. The molecular formula is C23H36N4OS. The van der Waals surface area contributed by atoms with Crippen molar-refractivity contribution in [2.75, 3.05) is 13.1 Å². The molecule has 1 spiro atoms. The Morgan fingerprint density at radius 1 is 1.28 bits per heavy atom. The Kier molecular flexibility index (Phi) is 6.22. The van der Waals surface area contributed by atoms with Crippen LogP contribution in [0.25, 0.3) is 0 Å². The van der Waals surface area contributed by atoms with Crippen LogP contribution in [-0.4, -0.2) is 58.5 Å². The van der Waals surface area contributed by atoms with Crippen molar-refractivity contribution in [3.8, 4) is 0 Å². The molecule has 1 amide bonds. The van der Waals surface area contributed by atoms with Gasteiger partial charge in [0.2, 0.25) is 5.91 Å². The number of carbonyl (C=O) groups is 1. The topological polar surface area (TPSA) is 48.3 Å². The molecule has 4 aliphatic rings. The molecule has 160 valence electrons. The quantitative estimate of drug-likeness (QED) is 0.447. The fourth-order valence-electron chi connectivity index (χ4n) is 5.16. The molecular weight excluding hydrogens is 380 g/mol. The fourth-order valence-corrected chi connectivity index (χ4v) is 6.24. The van der Waals surface area contributed by atoms with Crippen LogP contribution >= 0.6 is 11.9 Å². The third-order valence-electron chi connectivity index (χ3n) is 7.40. The molecule has 2 saturated carbocycles. The molecule has 2 aliphatic carbocycles. The van der Waals surface area contributed by atoms with Crippen molar-refractivity contribution in [1.29, 1.82) is 0 Å². The highest BCUT2D eigenvalue weighted by Gasteiger charge is 2.61. The number of amides is 1. The summed E-state index contributed by atoms with van der Waals surface area (Å²) in [6, 6.07) is 0.639. The lowest BCUT2D eigenvalue weighted by molar-refractivity contribution is -0.134. The van der Waals surface area contributed by atoms with Crippen LogP contribution in [-0.2, 0) is 4.79 Å². The van der Waals surface area contributed by atoms with E-state index in [0.717, 1.165) is 56.6 Å². The van der Waals surface area contributed by atoms with Gasteiger partial charge in [0.25, 0.3) is 0 Å². The second kappa shape index (κ2) is 8.54. The largest absolute Gasteiger partial charge is 0.292 e. The summed E-state index contributed by atoms with van der Waals surface area (Å²) in [7, 11) is 0. The third kappa shape index (κ3) is 3.95. The van der Waals surface area contributed by atoms with Crippen molar-refractivity contribution in [1.82, 2.24) is 9.21 Å². The molecule has 0 N–H and O–H groups in total. The van der Waals surface area contributed by atoms with Crippen LogP contribution in [0, 0.1) is 11.3 Å². The van der Waals surface area contributed by atoms with Crippen LogP contribution in [0.15, 0.2) is 21.4 Å². The Bertz CT molecular complexity index is 706. The van der Waals surface area contributed by atoms with Gasteiger partial charge in [0.1, 0.15) is 5.82 Å². The number of aliphatic imine (C=N–C) groups is 2. The van der Waals surface area contributed by atoms with Crippen molar-refractivity contribution in [2.45, 2.75) is 89.5 Å². The van der Waals surface area contributed by atoms with E-state index in [9.17, 15) is 4.79 Å². The highest BCUT2D eigenvalue weighted by Crippen LogP contribution is 2.59. The molecule has 0 aromatic rings. The number of rotatable bonds is 7. The van der Waals surface area contributed by atoms with Crippen LogP contribution in [0.3, 0.4) is 0 Å². The average Bonchev–Trinajstić information content (AvgIpc) is 3.37. The molecule has 3 fully saturated rings. The zero-order valence-electron chi connectivity index (χ0n) is 18.3. The Morgan fingerprint density at radius 2 is 2.00 bits per heavy atom. The summed E-state index contributed by atoms with van der Waals surface area (Å²) in [6.45, 7) is 12.8. The summed E-state index contributed by atoms with van der Waals surface area (Å²) in [5.74, 6) is 1.61. The monoisotopic (exact) mass is 416 g/mol. The maximum absolute atomic E-state index is 13.4. The lowest BCUT2D eigenvalue weighted by Crippen LogP contribution is -2.39. The number of nitrogens with zero attached hydrogens (tertiary/aromatic N) is 4. The minimum atomic E-state index is -0.338. The maximum Gasteiger partial charge on any atom is 0.239 e. The summed E-state index contributed by atoms with van der Waals surface area (Å²) in [5, 5.41) is 0.685. The van der Waals surface area contributed by atoms with Gasteiger partial charge >= 0.3 is 0 Å². The SMILES string of the molecule is C=NC1=C(C=NC2CCN(SC(C)CC)CC2)C2(CC2)C(=O)N1C1CCCC1C. The van der Waals surface area contributed by atoms with Gasteiger partial charge in [0, 0.05) is 36.2 Å². The second-order valence-corrected chi connectivity index (χ2v) is 10.9. The van der Waals surface area contributed by atoms with E-state index in [1.165, 1.54) is 19.3 Å². The summed E-state index contributed by atoms with van der Waals surface area (Å²) < 4.78 is 2.50. The molecule has 6 heteroatoms. The van der Waals surface area contributed by atoms with Crippen LogP contribution in [0.4, 0.5) is 0 Å². The van der Waals surface area contributed by atoms with E-state index in [2.05, 4.69) is 36.8 Å². The van der Waals surface area contributed by atoms with Gasteiger partial charge in [-0.05, 0) is 57.6 Å². The van der Waals surface area contributed by atoms with Gasteiger partial charge in [-0.15, -0.1) is 0 Å². The molecule has 3 atom stereocenters. The normalized spacial score (nSPS) is 31.4. The second-order valence-electron chi connectivity index (χ2n) is 9.39. The summed E-state index contributed by atoms with van der Waals surface area (Å²) in [6.07, 6.45) is 10.8. The first kappa shape index (κ1) is 21.1. The minimum absolute atomic E-state index is 0.264. The molecule has 29 heavy (non-hydrogen) atoms. The van der Waals surface area contributed by atoms with E-state index in [1.807, 2.05) is 23.1 Å². The Balaban J connectivity index is 1.47. The highest BCUT2D eigenvalue weighted by molar-refractivity contribution is 7.97. The van der Waals surface area contributed by atoms with Gasteiger partial charge < -0.3 is 0 Å². The predicted octanol–water partition coefficient (Wildman–Crippen LogP) is 4.69. The van der Waals surface area contributed by atoms with E-state index in [-0.39, 0.29) is 17.4 Å². The Labute approximate surface area is 180 Å². The van der Waals surface area contributed by atoms with E-state index in [0.29, 0.717) is 17.2 Å². The Hall–Kier alpha value is -1.14. The van der Waals surface area contributed by atoms with Crippen LogP contribution in [0.5, 0.6) is 0 Å². The predicted molar refractivity (Wildman–Crippen MR) is 122 cm³/mol. The standard InChI is InChI=1S/C23H36N4OS/c1-5-17(3)29-26-13-9-18(10-14-26)25-15-19-21(24-4)27(20-8-6-7-16(20)2)22(28)23(19)11-12-23/h15-18,20H,4-14H2,1-3H3. The Morgan fingerprint density at radius 3 is 2.55 bits per heavy atom. The number of piperidine rings is 1. The van der Waals surface area contributed by atoms with Gasteiger partial charge in [-0.3, -0.25) is 19.0 Å². The van der Waals surface area contributed by atoms with Crippen molar-refractivity contribution in [3.05, 3.63) is 11.4 Å². The van der Waals surface area contributed by atoms with Gasteiger partial charge in [0.05, 0.1) is 11.5 Å². The van der Waals surface area contributed by atoms with Crippen LogP contribution < -0.4 is 0 Å². The molecule has 5 nitrogen and oxygen atoms in total. The molecule has 0 aromatic carbocycles.